The van der Waals surface area contributed by atoms with Crippen LogP contribution in [0.1, 0.15) is 57.0 Å². The summed E-state index contributed by atoms with van der Waals surface area (Å²) in [7, 11) is 0. The summed E-state index contributed by atoms with van der Waals surface area (Å²) in [4.78, 5) is 35.4. The Hall–Kier alpha value is -4.42. The van der Waals surface area contributed by atoms with Crippen LogP contribution in [-0.2, 0) is 4.74 Å². The number of nitrogens with zero attached hydrogens (tertiary/aromatic N) is 7. The van der Waals surface area contributed by atoms with Gasteiger partial charge in [-0.3, -0.25) is 19.7 Å². The molecule has 224 valence electrons. The number of halogens is 3. The molecule has 0 saturated heterocycles. The number of hydrogen-bond donors (Lipinski definition) is 1. The number of rotatable bonds is 5. The number of carbonyl (C=O) groups is 1. The van der Waals surface area contributed by atoms with Crippen molar-refractivity contribution in [2.75, 3.05) is 5.32 Å². The van der Waals surface area contributed by atoms with Crippen LogP contribution in [0.3, 0.4) is 0 Å². The van der Waals surface area contributed by atoms with E-state index >= 15 is 4.39 Å². The second-order valence-electron chi connectivity index (χ2n) is 11.9. The smallest absolute Gasteiger partial charge is 0.412 e. The Morgan fingerprint density at radius 3 is 2.70 bits per heavy atom. The summed E-state index contributed by atoms with van der Waals surface area (Å²) in [6.07, 6.45) is 3.54. The van der Waals surface area contributed by atoms with Gasteiger partial charge in [-0.05, 0) is 79.4 Å². The number of hydrogen-bond acceptors (Lipinski definition) is 8. The summed E-state index contributed by atoms with van der Waals surface area (Å²) in [6, 6.07) is 9.51. The average Bonchev–Trinajstić information content (AvgIpc) is 3.30. The van der Waals surface area contributed by atoms with Crippen LogP contribution in [0.2, 0.25) is 10.0 Å². The third-order valence-corrected chi connectivity index (χ3v) is 8.43. The van der Waals surface area contributed by atoms with Crippen molar-refractivity contribution >= 4 is 46.3 Å². The molecule has 14 heteroatoms. The first-order chi connectivity index (χ1) is 21.0. The first-order valence-corrected chi connectivity index (χ1v) is 14.6. The Bertz CT molecular complexity index is 1970. The van der Waals surface area contributed by atoms with Crippen molar-refractivity contribution < 1.29 is 13.9 Å². The van der Waals surface area contributed by atoms with E-state index in [1.54, 1.807) is 55.8 Å². The molecule has 0 spiro atoms. The Morgan fingerprint density at radius 2 is 1.95 bits per heavy atom. The minimum absolute atomic E-state index is 0.101. The van der Waals surface area contributed by atoms with Crippen LogP contribution in [0, 0.1) is 11.7 Å². The number of amides is 1. The van der Waals surface area contributed by atoms with E-state index in [4.69, 9.17) is 32.9 Å². The van der Waals surface area contributed by atoms with Gasteiger partial charge in [-0.1, -0.05) is 23.2 Å². The van der Waals surface area contributed by atoms with Crippen LogP contribution in [0.5, 0.6) is 0 Å². The molecule has 0 radical (unpaired) electrons. The van der Waals surface area contributed by atoms with Gasteiger partial charge in [0.2, 0.25) is 0 Å². The summed E-state index contributed by atoms with van der Waals surface area (Å²) < 4.78 is 23.9. The summed E-state index contributed by atoms with van der Waals surface area (Å²) >= 11 is 12.6. The minimum atomic E-state index is -0.736. The maximum absolute atomic E-state index is 15.5. The van der Waals surface area contributed by atoms with Crippen molar-refractivity contribution in [3.63, 3.8) is 0 Å². The van der Waals surface area contributed by atoms with Gasteiger partial charge in [-0.25, -0.2) is 14.2 Å². The molecule has 1 N–H and O–H groups in total. The molecule has 2 aromatic carbocycles. The highest BCUT2D eigenvalue weighted by atomic mass is 35.5. The van der Waals surface area contributed by atoms with Crippen molar-refractivity contribution in [1.82, 2.24) is 29.8 Å². The lowest BCUT2D eigenvalue weighted by Gasteiger charge is -2.20. The maximum atomic E-state index is 15.5. The van der Waals surface area contributed by atoms with Crippen molar-refractivity contribution in [3.8, 4) is 16.9 Å². The highest BCUT2D eigenvalue weighted by Gasteiger charge is 2.55. The van der Waals surface area contributed by atoms with Crippen molar-refractivity contribution in [1.29, 1.82) is 0 Å². The lowest BCUT2D eigenvalue weighted by atomic mass is 9.97. The van der Waals surface area contributed by atoms with Crippen LogP contribution in [-0.4, -0.2) is 47.2 Å². The van der Waals surface area contributed by atoms with Gasteiger partial charge in [-0.15, -0.1) is 5.10 Å². The number of carbonyl (C=O) groups excluding carboxylic acids is 1. The quantitative estimate of drug-likeness (QED) is 0.276. The van der Waals surface area contributed by atoms with Gasteiger partial charge in [0, 0.05) is 46.5 Å². The number of benzene rings is 2. The van der Waals surface area contributed by atoms with E-state index < -0.39 is 17.5 Å². The first-order valence-electron chi connectivity index (χ1n) is 13.9. The van der Waals surface area contributed by atoms with Gasteiger partial charge in [0.1, 0.15) is 22.8 Å². The molecule has 4 heterocycles. The van der Waals surface area contributed by atoms with E-state index in [0.29, 0.717) is 39.8 Å². The van der Waals surface area contributed by atoms with E-state index in [1.807, 2.05) is 0 Å². The van der Waals surface area contributed by atoms with E-state index in [-0.39, 0.29) is 39.7 Å². The first kappa shape index (κ1) is 28.4. The number of aromatic nitrogens is 6. The standard InChI is InChI=1S/C30H25Cl2FN8O3/c1-30(2,3)44-29(43)37-20-6-5-16(26(33)25(20)32)14-8-22(34-12-14)27-17-10-18(17)28-36-21(11-24(42)41(27)28)19-9-15(31)4-7-23(19)40-13-35-38-39-40/h4-7,9,11-13,17-18,27H,8,10H2,1-3H3,(H,37,43)/t17-,18+,27-/m0/s1. The fourth-order valence-electron chi connectivity index (χ4n) is 5.92. The number of fused-ring (bicyclic) bond motifs is 3. The predicted octanol–water partition coefficient (Wildman–Crippen LogP) is 6.22. The van der Waals surface area contributed by atoms with Crippen molar-refractivity contribution in [3.05, 3.63) is 86.5 Å². The molecule has 1 aliphatic carbocycles. The summed E-state index contributed by atoms with van der Waals surface area (Å²) in [5.74, 6) is 0.291. The third-order valence-electron chi connectivity index (χ3n) is 7.83. The van der Waals surface area contributed by atoms with E-state index in [9.17, 15) is 9.59 Å². The molecule has 1 saturated carbocycles. The summed E-state index contributed by atoms with van der Waals surface area (Å²) in [5, 5.41) is 14.2. The number of aliphatic imine (C=N–C) groups is 1. The molecule has 7 rings (SSSR count). The monoisotopic (exact) mass is 634 g/mol. The second-order valence-corrected chi connectivity index (χ2v) is 12.8. The molecule has 2 aliphatic heterocycles. The lowest BCUT2D eigenvalue weighted by molar-refractivity contribution is 0.0636. The van der Waals surface area contributed by atoms with Gasteiger partial charge < -0.3 is 4.74 Å². The maximum Gasteiger partial charge on any atom is 0.412 e. The number of ether oxygens (including phenoxy) is 1. The molecule has 0 unspecified atom stereocenters. The SMILES string of the molecule is CC(C)(C)OC(=O)Nc1ccc(C2=CN=C([C@@H]3[C@H]4C[C@H]4c4nc(-c5cc(Cl)ccc5-n5cnnn5)cc(=O)n43)C2)c(F)c1Cl. The number of allylic oxidation sites excluding steroid dienone is 1. The summed E-state index contributed by atoms with van der Waals surface area (Å²) in [6.45, 7) is 5.18. The third kappa shape index (κ3) is 4.97. The largest absolute Gasteiger partial charge is 0.444 e. The molecule has 1 amide bonds. The molecular weight excluding hydrogens is 610 g/mol. The van der Waals surface area contributed by atoms with Crippen LogP contribution in [0.15, 0.2) is 58.7 Å². The normalized spacial score (nSPS) is 20.1. The van der Waals surface area contributed by atoms with Gasteiger partial charge in [0.15, 0.2) is 5.82 Å². The zero-order chi connectivity index (χ0) is 30.9. The molecule has 3 aliphatic rings. The molecule has 3 atom stereocenters. The summed E-state index contributed by atoms with van der Waals surface area (Å²) in [5.41, 5.74) is 2.56. The van der Waals surface area contributed by atoms with E-state index in [2.05, 4.69) is 25.8 Å². The number of nitrogens with one attached hydrogen (secondary N) is 1. The van der Waals surface area contributed by atoms with Gasteiger partial charge in [0.25, 0.3) is 5.56 Å². The molecule has 2 aromatic heterocycles. The topological polar surface area (TPSA) is 129 Å². The fourth-order valence-corrected chi connectivity index (χ4v) is 6.31. The minimum Gasteiger partial charge on any atom is -0.444 e. The van der Waals surface area contributed by atoms with Crippen LogP contribution in [0.25, 0.3) is 22.5 Å². The molecule has 44 heavy (non-hydrogen) atoms. The molecule has 11 nitrogen and oxygen atoms in total. The van der Waals surface area contributed by atoms with Gasteiger partial charge in [-0.2, -0.15) is 4.68 Å². The van der Waals surface area contributed by atoms with Gasteiger partial charge in [0.05, 0.1) is 23.1 Å². The van der Waals surface area contributed by atoms with Crippen molar-refractivity contribution in [2.24, 2.45) is 10.9 Å². The van der Waals surface area contributed by atoms with Gasteiger partial charge >= 0.3 is 6.09 Å². The Balaban J connectivity index is 1.14. The van der Waals surface area contributed by atoms with E-state index in [0.717, 1.165) is 12.1 Å². The molecular formula is C30H25Cl2FN8O3. The Kier molecular flexibility index (Phi) is 6.67. The van der Waals surface area contributed by atoms with E-state index in [1.165, 1.54) is 23.1 Å². The van der Waals surface area contributed by atoms with Crippen LogP contribution < -0.4 is 10.9 Å². The Labute approximate surface area is 260 Å². The van der Waals surface area contributed by atoms with Crippen molar-refractivity contribution in [2.45, 2.75) is 51.2 Å². The predicted molar refractivity (Wildman–Crippen MR) is 163 cm³/mol. The van der Waals surface area contributed by atoms with Crippen LogP contribution >= 0.6 is 23.2 Å². The molecule has 4 aromatic rings. The highest BCUT2D eigenvalue weighted by molar-refractivity contribution is 6.34. The lowest BCUT2D eigenvalue weighted by Crippen LogP contribution is -2.30. The highest BCUT2D eigenvalue weighted by Crippen LogP contribution is 2.59. The number of tetrazole rings is 1. The van der Waals surface area contributed by atoms with Crippen LogP contribution in [0.4, 0.5) is 14.9 Å². The average molecular weight is 635 g/mol. The Morgan fingerprint density at radius 1 is 1.14 bits per heavy atom. The number of anilines is 1. The fraction of sp³-hybridized carbons (Fsp3) is 0.300. The zero-order valence-corrected chi connectivity index (χ0v) is 25.3. The molecule has 0 bridgehead atoms. The zero-order valence-electron chi connectivity index (χ0n) is 23.8. The second kappa shape index (κ2) is 10.3. The molecule has 1 fully saturated rings.